The van der Waals surface area contributed by atoms with Crippen molar-refractivity contribution in [3.8, 4) is 0 Å². The number of hydrogen-bond donors (Lipinski definition) is 1. The van der Waals surface area contributed by atoms with Crippen molar-refractivity contribution < 1.29 is 23.1 Å². The van der Waals surface area contributed by atoms with Crippen molar-refractivity contribution in [1.29, 1.82) is 0 Å². The number of aliphatic hydroxyl groups is 1. The lowest BCUT2D eigenvalue weighted by Gasteiger charge is -2.29. The second-order valence-electron chi connectivity index (χ2n) is 7.06. The van der Waals surface area contributed by atoms with E-state index < -0.39 is 33.6 Å². The van der Waals surface area contributed by atoms with Gasteiger partial charge in [0.15, 0.2) is 9.84 Å². The molecule has 0 saturated carbocycles. The van der Waals surface area contributed by atoms with Gasteiger partial charge in [0, 0.05) is 29.0 Å². The van der Waals surface area contributed by atoms with Gasteiger partial charge >= 0.3 is 0 Å². The van der Waals surface area contributed by atoms with Gasteiger partial charge in [-0.3, -0.25) is 14.6 Å². The van der Waals surface area contributed by atoms with Gasteiger partial charge in [0.2, 0.25) is 0 Å². The van der Waals surface area contributed by atoms with E-state index in [1.165, 1.54) is 11.1 Å². The van der Waals surface area contributed by atoms with Gasteiger partial charge < -0.3 is 10.0 Å². The number of pyridine rings is 1. The Balaban J connectivity index is 1.88. The quantitative estimate of drug-likeness (QED) is 0.453. The van der Waals surface area contributed by atoms with E-state index >= 15 is 0 Å². The number of aromatic nitrogens is 1. The van der Waals surface area contributed by atoms with Crippen LogP contribution >= 0.6 is 11.6 Å². The number of carbonyl (C=O) groups is 2. The Morgan fingerprint density at radius 1 is 1.17 bits per heavy atom. The van der Waals surface area contributed by atoms with Gasteiger partial charge in [-0.25, -0.2) is 8.42 Å². The van der Waals surface area contributed by atoms with Gasteiger partial charge in [-0.2, -0.15) is 0 Å². The minimum absolute atomic E-state index is 0.0440. The number of ketones is 1. The van der Waals surface area contributed by atoms with Crippen LogP contribution in [0.15, 0.2) is 54.4 Å². The molecule has 150 valence electrons. The lowest BCUT2D eigenvalue weighted by atomic mass is 9.96. The lowest BCUT2D eigenvalue weighted by molar-refractivity contribution is -0.141. The fourth-order valence-corrected chi connectivity index (χ4v) is 5.69. The van der Waals surface area contributed by atoms with E-state index in [1.54, 1.807) is 42.6 Å². The second-order valence-corrected chi connectivity index (χ2v) is 9.72. The zero-order valence-corrected chi connectivity index (χ0v) is 16.7. The highest BCUT2D eigenvalue weighted by atomic mass is 35.5. The number of benzene rings is 1. The molecule has 1 aromatic carbocycles. The molecular formula is C20H17ClN2O5S. The van der Waals surface area contributed by atoms with Crippen molar-refractivity contribution in [2.24, 2.45) is 0 Å². The minimum Gasteiger partial charge on any atom is -0.507 e. The summed E-state index contributed by atoms with van der Waals surface area (Å²) in [5, 5.41) is 11.4. The fourth-order valence-electron chi connectivity index (χ4n) is 3.85. The highest BCUT2D eigenvalue weighted by Gasteiger charge is 2.51. The van der Waals surface area contributed by atoms with Crippen molar-refractivity contribution >= 4 is 38.9 Å². The first-order valence-electron chi connectivity index (χ1n) is 8.95. The number of sulfone groups is 1. The summed E-state index contributed by atoms with van der Waals surface area (Å²) < 4.78 is 24.0. The van der Waals surface area contributed by atoms with Crippen LogP contribution in [0.5, 0.6) is 0 Å². The average molecular weight is 433 g/mol. The van der Waals surface area contributed by atoms with Crippen LogP contribution in [-0.2, 0) is 19.4 Å². The van der Waals surface area contributed by atoms with E-state index in [4.69, 9.17) is 11.6 Å². The average Bonchev–Trinajstić information content (AvgIpc) is 3.19. The molecule has 2 saturated heterocycles. The Kier molecular flexibility index (Phi) is 4.92. The third-order valence-electron chi connectivity index (χ3n) is 5.20. The van der Waals surface area contributed by atoms with Gasteiger partial charge in [0.1, 0.15) is 5.76 Å². The van der Waals surface area contributed by atoms with E-state index in [9.17, 15) is 23.1 Å². The Morgan fingerprint density at radius 2 is 1.90 bits per heavy atom. The third-order valence-corrected chi connectivity index (χ3v) is 7.20. The zero-order valence-electron chi connectivity index (χ0n) is 15.2. The molecule has 9 heteroatoms. The second kappa shape index (κ2) is 7.27. The molecule has 2 aliphatic rings. The zero-order chi connectivity index (χ0) is 20.8. The highest BCUT2D eigenvalue weighted by molar-refractivity contribution is 7.91. The smallest absolute Gasteiger partial charge is 0.295 e. The molecule has 1 N–H and O–H groups in total. The molecular weight excluding hydrogens is 416 g/mol. The monoisotopic (exact) mass is 432 g/mol. The molecule has 1 amide bonds. The van der Waals surface area contributed by atoms with Gasteiger partial charge in [-0.05, 0) is 42.3 Å². The Labute approximate surface area is 172 Å². The summed E-state index contributed by atoms with van der Waals surface area (Å²) in [4.78, 5) is 31.1. The van der Waals surface area contributed by atoms with Crippen LogP contribution in [-0.4, -0.2) is 52.6 Å². The van der Waals surface area contributed by atoms with E-state index in [2.05, 4.69) is 4.98 Å². The predicted octanol–water partition coefficient (Wildman–Crippen LogP) is 2.34. The van der Waals surface area contributed by atoms with Gasteiger partial charge in [-0.15, -0.1) is 0 Å². The lowest BCUT2D eigenvalue weighted by Crippen LogP contribution is -2.40. The molecule has 2 fully saturated rings. The van der Waals surface area contributed by atoms with Crippen LogP contribution in [0.2, 0.25) is 5.02 Å². The summed E-state index contributed by atoms with van der Waals surface area (Å²) in [5.41, 5.74) is 0.765. The van der Waals surface area contributed by atoms with Crippen LogP contribution in [0.25, 0.3) is 5.76 Å². The molecule has 1 aromatic heterocycles. The molecule has 2 unspecified atom stereocenters. The Hall–Kier alpha value is -2.71. The van der Waals surface area contributed by atoms with E-state index in [-0.39, 0.29) is 29.3 Å². The fraction of sp³-hybridized carbons (Fsp3) is 0.250. The first-order valence-corrected chi connectivity index (χ1v) is 11.1. The van der Waals surface area contributed by atoms with E-state index in [0.29, 0.717) is 16.1 Å². The summed E-state index contributed by atoms with van der Waals surface area (Å²) in [6.07, 6.45) is 3.30. The first-order chi connectivity index (χ1) is 13.8. The summed E-state index contributed by atoms with van der Waals surface area (Å²) in [6.45, 7) is 0. The first kappa shape index (κ1) is 19.6. The molecule has 2 atom stereocenters. The largest absolute Gasteiger partial charge is 0.507 e. The van der Waals surface area contributed by atoms with Crippen LogP contribution < -0.4 is 0 Å². The maximum Gasteiger partial charge on any atom is 0.295 e. The number of halogens is 1. The van der Waals surface area contributed by atoms with Crippen LogP contribution in [0.1, 0.15) is 23.6 Å². The Morgan fingerprint density at radius 3 is 2.48 bits per heavy atom. The number of aliphatic hydroxyl groups excluding tert-OH is 1. The number of amides is 1. The highest BCUT2D eigenvalue weighted by Crippen LogP contribution is 2.42. The number of likely N-dealkylation sites (tertiary alicyclic amines) is 1. The van der Waals surface area contributed by atoms with Gasteiger partial charge in [0.05, 0.1) is 23.1 Å². The normalized spacial score (nSPS) is 25.5. The molecule has 0 bridgehead atoms. The molecule has 3 heterocycles. The van der Waals surface area contributed by atoms with Crippen molar-refractivity contribution in [2.45, 2.75) is 18.5 Å². The summed E-state index contributed by atoms with van der Waals surface area (Å²) in [6, 6.07) is 8.01. The number of carbonyl (C=O) groups excluding carboxylic acids is 2. The number of nitrogens with zero attached hydrogens (tertiary/aromatic N) is 2. The maximum atomic E-state index is 12.9. The number of hydrogen-bond acceptors (Lipinski definition) is 6. The van der Waals surface area contributed by atoms with Crippen LogP contribution in [0.3, 0.4) is 0 Å². The molecule has 2 aliphatic heterocycles. The molecule has 2 aromatic rings. The van der Waals surface area contributed by atoms with Crippen molar-refractivity contribution in [2.75, 3.05) is 11.5 Å². The molecule has 4 rings (SSSR count). The molecule has 29 heavy (non-hydrogen) atoms. The third kappa shape index (κ3) is 3.54. The van der Waals surface area contributed by atoms with Gasteiger partial charge in [-0.1, -0.05) is 17.7 Å². The number of Topliss-reactive ketones (excluding diaryl/α,β-unsaturated/α-hetero) is 1. The van der Waals surface area contributed by atoms with Crippen molar-refractivity contribution in [1.82, 2.24) is 9.88 Å². The maximum absolute atomic E-state index is 12.9. The summed E-state index contributed by atoms with van der Waals surface area (Å²) in [7, 11) is -3.29. The van der Waals surface area contributed by atoms with Gasteiger partial charge in [0.25, 0.3) is 11.7 Å². The van der Waals surface area contributed by atoms with Crippen molar-refractivity contribution in [3.63, 3.8) is 0 Å². The van der Waals surface area contributed by atoms with Crippen LogP contribution in [0, 0.1) is 0 Å². The molecule has 0 spiro atoms. The molecule has 0 radical (unpaired) electrons. The van der Waals surface area contributed by atoms with Crippen LogP contribution in [0.4, 0.5) is 0 Å². The molecule has 7 nitrogen and oxygen atoms in total. The standard InChI is InChI=1S/C20H17ClN2O5S/c21-14-5-3-12(4-6-14)18(24)16-17(13-2-1-8-22-10-13)23(20(26)19(16)25)15-7-9-29(27,28)11-15/h1-6,8,10,15,17,24H,7,9,11H2. The summed E-state index contributed by atoms with van der Waals surface area (Å²) in [5.74, 6) is -2.26. The summed E-state index contributed by atoms with van der Waals surface area (Å²) >= 11 is 5.90. The SMILES string of the molecule is O=C1C(=O)N(C2CCS(=O)(=O)C2)C(c2cccnc2)C1=C(O)c1ccc(Cl)cc1. The Bertz CT molecular complexity index is 1110. The van der Waals surface area contributed by atoms with Crippen molar-refractivity contribution in [3.05, 3.63) is 70.5 Å². The molecule has 0 aliphatic carbocycles. The minimum atomic E-state index is -3.29. The predicted molar refractivity (Wildman–Crippen MR) is 107 cm³/mol. The topological polar surface area (TPSA) is 105 Å². The van der Waals surface area contributed by atoms with E-state index in [0.717, 1.165) is 0 Å². The van der Waals surface area contributed by atoms with E-state index in [1.807, 2.05) is 0 Å². The number of rotatable bonds is 3.